The third-order valence-electron chi connectivity index (χ3n) is 3.49. The Morgan fingerprint density at radius 1 is 1.29 bits per heavy atom. The molecule has 1 fully saturated rings. The van der Waals surface area contributed by atoms with Gasteiger partial charge in [0.05, 0.1) is 29.7 Å². The molecule has 1 aromatic carbocycles. The third kappa shape index (κ3) is 3.53. The van der Waals surface area contributed by atoms with Gasteiger partial charge in [-0.25, -0.2) is 0 Å². The Morgan fingerprint density at radius 2 is 2.05 bits per heavy atom. The largest absolute Gasteiger partial charge is 0.379 e. The van der Waals surface area contributed by atoms with E-state index in [1.165, 1.54) is 7.05 Å². The molecule has 0 radical (unpaired) electrons. The van der Waals surface area contributed by atoms with Crippen molar-refractivity contribution < 1.29 is 14.3 Å². The minimum Gasteiger partial charge on any atom is -0.379 e. The molecular weight excluding hydrogens is 294 g/mol. The van der Waals surface area contributed by atoms with Crippen LogP contribution in [0.5, 0.6) is 0 Å². The maximum absolute atomic E-state index is 12.3. The molecule has 6 nitrogen and oxygen atoms in total. The van der Waals surface area contributed by atoms with E-state index in [1.54, 1.807) is 25.2 Å². The highest BCUT2D eigenvalue weighted by Crippen LogP contribution is 2.22. The molecule has 1 aliphatic heterocycles. The summed E-state index contributed by atoms with van der Waals surface area (Å²) in [5, 5.41) is 8.70. The van der Waals surface area contributed by atoms with Crippen molar-refractivity contribution in [1.29, 1.82) is 0 Å². The molecule has 2 unspecified atom stereocenters. The molecule has 1 heterocycles. The first-order valence-corrected chi connectivity index (χ1v) is 7.02. The minimum atomic E-state index is -0.298. The van der Waals surface area contributed by atoms with Crippen molar-refractivity contribution in [2.45, 2.75) is 6.04 Å². The smallest absolute Gasteiger partial charge is 0.252 e. The number of amides is 2. The van der Waals surface area contributed by atoms with E-state index in [-0.39, 0.29) is 23.8 Å². The maximum atomic E-state index is 12.3. The van der Waals surface area contributed by atoms with E-state index in [0.29, 0.717) is 29.5 Å². The lowest BCUT2D eigenvalue weighted by molar-refractivity contribution is -0.120. The first kappa shape index (κ1) is 15.8. The molecule has 2 rings (SSSR count). The van der Waals surface area contributed by atoms with E-state index < -0.39 is 0 Å². The zero-order valence-electron chi connectivity index (χ0n) is 11.9. The number of likely N-dealkylation sites (N-methyl/N-ethyl adjacent to an activating group) is 1. The molecule has 7 heteroatoms. The molecule has 2 atom stereocenters. The van der Waals surface area contributed by atoms with Crippen molar-refractivity contribution in [3.8, 4) is 0 Å². The highest BCUT2D eigenvalue weighted by molar-refractivity contribution is 6.34. The van der Waals surface area contributed by atoms with Crippen molar-refractivity contribution in [2.24, 2.45) is 5.92 Å². The van der Waals surface area contributed by atoms with Gasteiger partial charge in [0.25, 0.3) is 5.91 Å². The van der Waals surface area contributed by atoms with Crippen LogP contribution >= 0.6 is 11.6 Å². The van der Waals surface area contributed by atoms with Crippen molar-refractivity contribution in [2.75, 3.05) is 32.6 Å². The van der Waals surface area contributed by atoms with Gasteiger partial charge in [-0.15, -0.1) is 0 Å². The average Bonchev–Trinajstić information content (AvgIpc) is 2.97. The van der Waals surface area contributed by atoms with Crippen LogP contribution in [0.15, 0.2) is 18.2 Å². The van der Waals surface area contributed by atoms with Crippen LogP contribution in [0.25, 0.3) is 0 Å². The molecule has 0 saturated carbocycles. The number of carbonyl (C=O) groups is 2. The fraction of sp³-hybridized carbons (Fsp3) is 0.429. The number of halogens is 1. The summed E-state index contributed by atoms with van der Waals surface area (Å²) in [7, 11) is 3.32. The molecule has 2 amide bonds. The fourth-order valence-electron chi connectivity index (χ4n) is 2.24. The third-order valence-corrected chi connectivity index (χ3v) is 3.82. The number of rotatable bonds is 4. The first-order chi connectivity index (χ1) is 10.1. The van der Waals surface area contributed by atoms with E-state index in [1.807, 2.05) is 0 Å². The van der Waals surface area contributed by atoms with Gasteiger partial charge in [-0.1, -0.05) is 11.6 Å². The van der Waals surface area contributed by atoms with Crippen LogP contribution in [-0.2, 0) is 9.53 Å². The van der Waals surface area contributed by atoms with Gasteiger partial charge in [0.2, 0.25) is 5.91 Å². The Morgan fingerprint density at radius 3 is 2.71 bits per heavy atom. The van der Waals surface area contributed by atoms with Gasteiger partial charge in [0.15, 0.2) is 0 Å². The second-order valence-corrected chi connectivity index (χ2v) is 5.21. The Kier molecular flexibility index (Phi) is 5.17. The highest BCUT2D eigenvalue weighted by atomic mass is 35.5. The summed E-state index contributed by atoms with van der Waals surface area (Å²) in [5.41, 5.74) is 0.856. The van der Waals surface area contributed by atoms with Crippen LogP contribution in [0.3, 0.4) is 0 Å². The number of nitrogens with one attached hydrogen (secondary N) is 3. The lowest BCUT2D eigenvalue weighted by atomic mass is 10.0. The lowest BCUT2D eigenvalue weighted by Gasteiger charge is -2.16. The number of hydrogen-bond acceptors (Lipinski definition) is 4. The Labute approximate surface area is 128 Å². The molecule has 3 N–H and O–H groups in total. The lowest BCUT2D eigenvalue weighted by Crippen LogP contribution is -2.39. The zero-order chi connectivity index (χ0) is 15.4. The first-order valence-electron chi connectivity index (χ1n) is 6.64. The van der Waals surface area contributed by atoms with Gasteiger partial charge in [-0.05, 0) is 25.2 Å². The van der Waals surface area contributed by atoms with Gasteiger partial charge in [0, 0.05) is 18.8 Å². The zero-order valence-corrected chi connectivity index (χ0v) is 12.7. The normalized spacial score (nSPS) is 21.1. The molecule has 21 heavy (non-hydrogen) atoms. The monoisotopic (exact) mass is 311 g/mol. The van der Waals surface area contributed by atoms with Crippen molar-refractivity contribution in [3.05, 3.63) is 28.8 Å². The van der Waals surface area contributed by atoms with Crippen molar-refractivity contribution in [3.63, 3.8) is 0 Å². The number of benzene rings is 1. The molecule has 0 spiro atoms. The summed E-state index contributed by atoms with van der Waals surface area (Å²) in [6.07, 6.45) is 0. The molecule has 114 valence electrons. The van der Waals surface area contributed by atoms with Gasteiger partial charge >= 0.3 is 0 Å². The summed E-state index contributed by atoms with van der Waals surface area (Å²) in [6.45, 7) is 0.895. The summed E-state index contributed by atoms with van der Waals surface area (Å²) in [6, 6.07) is 4.80. The molecule has 0 bridgehead atoms. The van der Waals surface area contributed by atoms with Gasteiger partial charge in [-0.3, -0.25) is 9.59 Å². The van der Waals surface area contributed by atoms with Crippen LogP contribution in [0.2, 0.25) is 5.02 Å². The molecular formula is C14H18ClN3O3. The second kappa shape index (κ2) is 6.89. The SMILES string of the molecule is CNC(=O)c1cc(NC(=O)C2COCC2NC)ccc1Cl. The quantitative estimate of drug-likeness (QED) is 0.771. The summed E-state index contributed by atoms with van der Waals surface area (Å²) < 4.78 is 5.31. The summed E-state index contributed by atoms with van der Waals surface area (Å²) >= 11 is 5.98. The maximum Gasteiger partial charge on any atom is 0.252 e. The molecule has 1 aromatic rings. The second-order valence-electron chi connectivity index (χ2n) is 4.80. The molecule has 1 saturated heterocycles. The summed E-state index contributed by atoms with van der Waals surface area (Å²) in [4.78, 5) is 23.9. The predicted octanol–water partition coefficient (Wildman–Crippen LogP) is 0.873. The van der Waals surface area contributed by atoms with Gasteiger partial charge in [0.1, 0.15) is 0 Å². The van der Waals surface area contributed by atoms with E-state index in [4.69, 9.17) is 16.3 Å². The number of carbonyl (C=O) groups excluding carboxylic acids is 2. The van der Waals surface area contributed by atoms with Crippen LogP contribution in [-0.4, -0.2) is 45.2 Å². The van der Waals surface area contributed by atoms with Crippen molar-refractivity contribution >= 4 is 29.1 Å². The van der Waals surface area contributed by atoms with Crippen LogP contribution in [0.1, 0.15) is 10.4 Å². The standard InChI is InChI=1S/C14H18ClN3O3/c1-16-12-7-21-6-10(12)14(20)18-8-3-4-11(15)9(5-8)13(19)17-2/h3-5,10,12,16H,6-7H2,1-2H3,(H,17,19)(H,18,20). The predicted molar refractivity (Wildman–Crippen MR) is 80.6 cm³/mol. The van der Waals surface area contributed by atoms with E-state index in [0.717, 1.165) is 0 Å². The van der Waals surface area contributed by atoms with Gasteiger partial charge < -0.3 is 20.7 Å². The Hall–Kier alpha value is -1.63. The Bertz CT molecular complexity index is 550. The Balaban J connectivity index is 2.12. The van der Waals surface area contributed by atoms with Crippen LogP contribution in [0.4, 0.5) is 5.69 Å². The molecule has 1 aliphatic rings. The van der Waals surface area contributed by atoms with E-state index in [2.05, 4.69) is 16.0 Å². The summed E-state index contributed by atoms with van der Waals surface area (Å²) in [5.74, 6) is -0.695. The minimum absolute atomic E-state index is 0.00397. The highest BCUT2D eigenvalue weighted by Gasteiger charge is 2.33. The van der Waals surface area contributed by atoms with Crippen LogP contribution in [0, 0.1) is 5.92 Å². The van der Waals surface area contributed by atoms with E-state index in [9.17, 15) is 9.59 Å². The fourth-order valence-corrected chi connectivity index (χ4v) is 2.45. The average molecular weight is 312 g/mol. The number of ether oxygens (including phenoxy) is 1. The molecule has 0 aromatic heterocycles. The van der Waals surface area contributed by atoms with Crippen molar-refractivity contribution in [1.82, 2.24) is 10.6 Å². The topological polar surface area (TPSA) is 79.5 Å². The number of hydrogen-bond donors (Lipinski definition) is 3. The number of anilines is 1. The van der Waals surface area contributed by atoms with Crippen LogP contribution < -0.4 is 16.0 Å². The van der Waals surface area contributed by atoms with E-state index >= 15 is 0 Å². The molecule has 0 aliphatic carbocycles. The van der Waals surface area contributed by atoms with Gasteiger partial charge in [-0.2, -0.15) is 0 Å².